The SMILES string of the molecule is CC12CCC(C1)C(C)(C)C2N1CC(=O)NC1=O. The summed E-state index contributed by atoms with van der Waals surface area (Å²) in [5.74, 6) is 0.540. The molecule has 0 aromatic carbocycles. The van der Waals surface area contributed by atoms with Crippen molar-refractivity contribution >= 4 is 11.9 Å². The number of carbonyl (C=O) groups is 2. The Hall–Kier alpha value is -1.06. The first-order valence-corrected chi connectivity index (χ1v) is 6.45. The van der Waals surface area contributed by atoms with E-state index in [1.165, 1.54) is 19.3 Å². The summed E-state index contributed by atoms with van der Waals surface area (Å²) in [6, 6.07) is 0.0158. The van der Waals surface area contributed by atoms with Crippen LogP contribution in [-0.4, -0.2) is 29.4 Å². The maximum absolute atomic E-state index is 11.9. The van der Waals surface area contributed by atoms with Gasteiger partial charge in [-0.25, -0.2) is 4.79 Å². The Labute approximate surface area is 102 Å². The number of hydrogen-bond acceptors (Lipinski definition) is 2. The van der Waals surface area contributed by atoms with Crippen LogP contribution in [-0.2, 0) is 4.79 Å². The zero-order chi connectivity index (χ0) is 12.4. The van der Waals surface area contributed by atoms with Gasteiger partial charge >= 0.3 is 6.03 Å². The number of nitrogens with zero attached hydrogens (tertiary/aromatic N) is 1. The van der Waals surface area contributed by atoms with E-state index in [0.29, 0.717) is 5.92 Å². The zero-order valence-corrected chi connectivity index (χ0v) is 10.7. The summed E-state index contributed by atoms with van der Waals surface area (Å²) in [4.78, 5) is 25.0. The van der Waals surface area contributed by atoms with Crippen LogP contribution in [0, 0.1) is 16.7 Å². The standard InChI is InChI=1S/C13H20N2O2/c1-12(2)8-4-5-13(3,6-8)10(12)15-7-9(16)14-11(15)17/h8,10H,4-7H2,1-3H3,(H,14,16,17). The van der Waals surface area contributed by atoms with Gasteiger partial charge in [0.05, 0.1) is 0 Å². The Morgan fingerprint density at radius 2 is 2.00 bits per heavy atom. The first-order valence-electron chi connectivity index (χ1n) is 6.45. The summed E-state index contributed by atoms with van der Waals surface area (Å²) in [7, 11) is 0. The van der Waals surface area contributed by atoms with E-state index in [-0.39, 0.29) is 35.4 Å². The molecule has 3 fully saturated rings. The predicted octanol–water partition coefficient (Wildman–Crippen LogP) is 1.75. The molecule has 0 aromatic heterocycles. The minimum absolute atomic E-state index is 0.134. The molecular weight excluding hydrogens is 216 g/mol. The first kappa shape index (κ1) is 11.1. The van der Waals surface area contributed by atoms with E-state index in [1.54, 1.807) is 4.90 Å². The van der Waals surface area contributed by atoms with E-state index in [2.05, 4.69) is 26.1 Å². The van der Waals surface area contributed by atoms with Crippen LogP contribution in [0.4, 0.5) is 4.79 Å². The van der Waals surface area contributed by atoms with Crippen molar-refractivity contribution in [1.82, 2.24) is 10.2 Å². The molecule has 4 heteroatoms. The van der Waals surface area contributed by atoms with E-state index in [0.717, 1.165) is 0 Å². The largest absolute Gasteiger partial charge is 0.324 e. The highest BCUT2D eigenvalue weighted by Crippen LogP contribution is 2.64. The van der Waals surface area contributed by atoms with E-state index < -0.39 is 0 Å². The maximum Gasteiger partial charge on any atom is 0.324 e. The molecule has 3 unspecified atom stereocenters. The molecule has 94 valence electrons. The highest BCUT2D eigenvalue weighted by molar-refractivity contribution is 6.02. The lowest BCUT2D eigenvalue weighted by Gasteiger charge is -2.46. The van der Waals surface area contributed by atoms with Crippen molar-refractivity contribution < 1.29 is 9.59 Å². The molecule has 1 aliphatic heterocycles. The van der Waals surface area contributed by atoms with Crippen molar-refractivity contribution in [2.24, 2.45) is 16.7 Å². The van der Waals surface area contributed by atoms with Crippen LogP contribution >= 0.6 is 0 Å². The monoisotopic (exact) mass is 236 g/mol. The van der Waals surface area contributed by atoms with E-state index in [4.69, 9.17) is 0 Å². The predicted molar refractivity (Wildman–Crippen MR) is 63.3 cm³/mol. The van der Waals surface area contributed by atoms with Gasteiger partial charge in [0.25, 0.3) is 0 Å². The van der Waals surface area contributed by atoms with Crippen molar-refractivity contribution in [3.05, 3.63) is 0 Å². The number of fused-ring (bicyclic) bond motifs is 2. The van der Waals surface area contributed by atoms with Crippen LogP contribution in [0.25, 0.3) is 0 Å². The molecule has 1 N–H and O–H groups in total. The van der Waals surface area contributed by atoms with Gasteiger partial charge in [-0.2, -0.15) is 0 Å². The van der Waals surface area contributed by atoms with Gasteiger partial charge in [0.1, 0.15) is 6.54 Å². The molecule has 3 atom stereocenters. The van der Waals surface area contributed by atoms with Crippen molar-refractivity contribution in [3.63, 3.8) is 0 Å². The molecule has 2 bridgehead atoms. The number of urea groups is 1. The molecule has 0 radical (unpaired) electrons. The maximum atomic E-state index is 11.9. The third kappa shape index (κ3) is 1.30. The van der Waals surface area contributed by atoms with Gasteiger partial charge in [0, 0.05) is 6.04 Å². The fourth-order valence-electron chi connectivity index (χ4n) is 4.72. The number of hydrogen-bond donors (Lipinski definition) is 1. The number of imide groups is 1. The number of amides is 3. The topological polar surface area (TPSA) is 49.4 Å². The van der Waals surface area contributed by atoms with Gasteiger partial charge in [-0.15, -0.1) is 0 Å². The summed E-state index contributed by atoms with van der Waals surface area (Å²) >= 11 is 0. The van der Waals surface area contributed by atoms with Gasteiger partial charge < -0.3 is 4.90 Å². The van der Waals surface area contributed by atoms with Crippen LogP contribution in [0.2, 0.25) is 0 Å². The fourth-order valence-corrected chi connectivity index (χ4v) is 4.72. The Morgan fingerprint density at radius 1 is 1.29 bits per heavy atom. The minimum atomic E-state index is -0.193. The van der Waals surface area contributed by atoms with E-state index in [1.807, 2.05) is 0 Å². The summed E-state index contributed by atoms with van der Waals surface area (Å²) in [6.07, 6.45) is 3.65. The third-order valence-corrected chi connectivity index (χ3v) is 5.33. The van der Waals surface area contributed by atoms with Gasteiger partial charge in [-0.05, 0) is 36.0 Å². The second kappa shape index (κ2) is 3.03. The van der Waals surface area contributed by atoms with Crippen LogP contribution in [0.15, 0.2) is 0 Å². The number of rotatable bonds is 1. The van der Waals surface area contributed by atoms with Gasteiger partial charge in [-0.1, -0.05) is 20.8 Å². The van der Waals surface area contributed by atoms with Crippen molar-refractivity contribution in [1.29, 1.82) is 0 Å². The summed E-state index contributed by atoms with van der Waals surface area (Å²) < 4.78 is 0. The van der Waals surface area contributed by atoms with Gasteiger partial charge in [0.15, 0.2) is 0 Å². The average Bonchev–Trinajstić information content (AvgIpc) is 2.76. The summed E-state index contributed by atoms with van der Waals surface area (Å²) in [5.41, 5.74) is 0.338. The molecule has 4 nitrogen and oxygen atoms in total. The van der Waals surface area contributed by atoms with Crippen molar-refractivity contribution in [2.45, 2.75) is 46.1 Å². The molecule has 3 rings (SSSR count). The van der Waals surface area contributed by atoms with Crippen LogP contribution < -0.4 is 5.32 Å². The molecule has 0 aromatic rings. The summed E-state index contributed by atoms with van der Waals surface area (Å²) in [6.45, 7) is 7.03. The molecule has 3 amide bonds. The molecule has 2 saturated carbocycles. The normalized spacial score (nSPS) is 43.4. The third-order valence-electron chi connectivity index (χ3n) is 5.33. The molecule has 3 aliphatic rings. The van der Waals surface area contributed by atoms with Gasteiger partial charge in [0.2, 0.25) is 5.91 Å². The van der Waals surface area contributed by atoms with Crippen LogP contribution in [0.3, 0.4) is 0 Å². The second-order valence-electron chi connectivity index (χ2n) is 6.80. The molecule has 17 heavy (non-hydrogen) atoms. The van der Waals surface area contributed by atoms with Crippen molar-refractivity contribution in [3.8, 4) is 0 Å². The lowest BCUT2D eigenvalue weighted by molar-refractivity contribution is -0.119. The average molecular weight is 236 g/mol. The number of carbonyl (C=O) groups excluding carboxylic acids is 2. The van der Waals surface area contributed by atoms with Crippen molar-refractivity contribution in [2.75, 3.05) is 6.54 Å². The van der Waals surface area contributed by atoms with Gasteiger partial charge in [-0.3, -0.25) is 10.1 Å². The molecule has 2 aliphatic carbocycles. The highest BCUT2D eigenvalue weighted by atomic mass is 16.2. The number of nitrogens with one attached hydrogen (secondary N) is 1. The second-order valence-corrected chi connectivity index (χ2v) is 6.80. The lowest BCUT2D eigenvalue weighted by Crippen LogP contribution is -2.53. The smallest absolute Gasteiger partial charge is 0.311 e. The fraction of sp³-hybridized carbons (Fsp3) is 0.846. The quantitative estimate of drug-likeness (QED) is 0.705. The molecular formula is C13H20N2O2. The minimum Gasteiger partial charge on any atom is -0.311 e. The Balaban J connectivity index is 1.97. The highest BCUT2D eigenvalue weighted by Gasteiger charge is 2.62. The van der Waals surface area contributed by atoms with Crippen LogP contribution in [0.1, 0.15) is 40.0 Å². The van der Waals surface area contributed by atoms with E-state index >= 15 is 0 Å². The Kier molecular flexibility index (Phi) is 1.97. The van der Waals surface area contributed by atoms with E-state index in [9.17, 15) is 9.59 Å². The zero-order valence-electron chi connectivity index (χ0n) is 10.7. The molecule has 1 saturated heterocycles. The molecule has 1 heterocycles. The van der Waals surface area contributed by atoms with Crippen LogP contribution in [0.5, 0.6) is 0 Å². The lowest BCUT2D eigenvalue weighted by atomic mass is 9.68. The summed E-state index contributed by atoms with van der Waals surface area (Å²) in [5, 5.41) is 2.41. The first-order chi connectivity index (χ1) is 7.84. The molecule has 0 spiro atoms. The Bertz CT molecular complexity index is 399. The Morgan fingerprint density at radius 3 is 2.47 bits per heavy atom.